The quantitative estimate of drug-likeness (QED) is 0.179. The highest BCUT2D eigenvalue weighted by molar-refractivity contribution is 6.22. The molecule has 0 spiro atoms. The van der Waals surface area contributed by atoms with Gasteiger partial charge in [0.1, 0.15) is 0 Å². The number of nitrogens with zero attached hydrogens (tertiary/aromatic N) is 4. The average Bonchev–Trinajstić information content (AvgIpc) is 3.83. The number of benzene rings is 10. The zero-order valence-corrected chi connectivity index (χ0v) is 32.4. The van der Waals surface area contributed by atoms with Crippen molar-refractivity contribution < 1.29 is 0 Å². The fourth-order valence-electron chi connectivity index (χ4n) is 9.65. The molecule has 3 heterocycles. The highest BCUT2D eigenvalue weighted by Gasteiger charge is 2.20. The number of fused-ring (bicyclic) bond motifs is 11. The van der Waals surface area contributed by atoms with Crippen LogP contribution in [0.4, 0.5) is 0 Å². The van der Waals surface area contributed by atoms with Gasteiger partial charge in [-0.2, -0.15) is 0 Å². The first kappa shape index (κ1) is 32.9. The Balaban J connectivity index is 1.03. The summed E-state index contributed by atoms with van der Waals surface area (Å²) in [5.41, 5.74) is 10.9. The van der Waals surface area contributed by atoms with E-state index in [4.69, 9.17) is 9.97 Å². The van der Waals surface area contributed by atoms with Gasteiger partial charge in [0, 0.05) is 38.2 Å². The van der Waals surface area contributed by atoms with Crippen LogP contribution < -0.4 is 0 Å². The minimum Gasteiger partial charge on any atom is -0.309 e. The van der Waals surface area contributed by atoms with Gasteiger partial charge < -0.3 is 4.57 Å². The molecule has 0 fully saturated rings. The molecule has 3 aromatic heterocycles. The Morgan fingerprint density at radius 2 is 0.850 bits per heavy atom. The molecule has 4 heteroatoms. The zero-order chi connectivity index (χ0) is 39.3. The van der Waals surface area contributed by atoms with Gasteiger partial charge in [-0.25, -0.2) is 9.97 Å². The SMILES string of the molecule is c1ccc2cc(-c3nc(-n4c5ccc(-c6ccc7c(c6)c6ccccc6n7-c6ccc7ccccc7c6)cc5c5c6ccccc6ccc54)nc4ccccc34)ccc2c1. The van der Waals surface area contributed by atoms with Crippen LogP contribution in [0.3, 0.4) is 0 Å². The summed E-state index contributed by atoms with van der Waals surface area (Å²) in [6.45, 7) is 0. The van der Waals surface area contributed by atoms with Gasteiger partial charge in [-0.15, -0.1) is 0 Å². The highest BCUT2D eigenvalue weighted by atomic mass is 15.2. The molecule has 10 aromatic carbocycles. The molecule has 0 saturated heterocycles. The number of hydrogen-bond donors (Lipinski definition) is 0. The first-order chi connectivity index (χ1) is 29.7. The number of aromatic nitrogens is 4. The standard InChI is InChI=1S/C56H34N4/c1-3-14-38-31-42(22-21-35(38)11-1)55-46-18-7-9-19-49(46)57-56(58-55)60-52-29-26-41(34-48(52)54-44-16-6-5-13-37(44)24-30-53(54)60)40-25-28-51-47(33-40)45-17-8-10-20-50(45)59(51)43-27-23-36-12-2-4-15-39(36)32-43/h1-34H. The monoisotopic (exact) mass is 762 g/mol. The zero-order valence-electron chi connectivity index (χ0n) is 32.4. The maximum absolute atomic E-state index is 5.44. The summed E-state index contributed by atoms with van der Waals surface area (Å²) in [6.07, 6.45) is 0. The predicted octanol–water partition coefficient (Wildman–Crippen LogP) is 14.6. The smallest absolute Gasteiger partial charge is 0.235 e. The van der Waals surface area contributed by atoms with Gasteiger partial charge >= 0.3 is 0 Å². The highest BCUT2D eigenvalue weighted by Crippen LogP contribution is 2.41. The first-order valence-corrected chi connectivity index (χ1v) is 20.5. The average molecular weight is 763 g/mol. The molecule has 278 valence electrons. The number of para-hydroxylation sites is 2. The van der Waals surface area contributed by atoms with Crippen molar-refractivity contribution in [1.29, 1.82) is 0 Å². The van der Waals surface area contributed by atoms with Crippen molar-refractivity contribution in [3.8, 4) is 34.0 Å². The third-order valence-electron chi connectivity index (χ3n) is 12.5. The van der Waals surface area contributed by atoms with E-state index in [-0.39, 0.29) is 0 Å². The molecule has 0 atom stereocenters. The maximum atomic E-state index is 5.44. The summed E-state index contributed by atoms with van der Waals surface area (Å²) in [5, 5.41) is 13.1. The van der Waals surface area contributed by atoms with Crippen LogP contribution in [0.5, 0.6) is 0 Å². The molecule has 0 aliphatic carbocycles. The van der Waals surface area contributed by atoms with Crippen molar-refractivity contribution in [1.82, 2.24) is 19.1 Å². The van der Waals surface area contributed by atoms with Crippen LogP contribution >= 0.6 is 0 Å². The van der Waals surface area contributed by atoms with Gasteiger partial charge in [-0.05, 0) is 104 Å². The first-order valence-electron chi connectivity index (χ1n) is 20.5. The van der Waals surface area contributed by atoms with E-state index in [1.54, 1.807) is 0 Å². The van der Waals surface area contributed by atoms with Crippen LogP contribution in [0.15, 0.2) is 206 Å². The summed E-state index contributed by atoms with van der Waals surface area (Å²) >= 11 is 0. The molecule has 0 aliphatic heterocycles. The summed E-state index contributed by atoms with van der Waals surface area (Å²) < 4.78 is 4.66. The van der Waals surface area contributed by atoms with Crippen LogP contribution in [-0.2, 0) is 0 Å². The van der Waals surface area contributed by atoms with Crippen LogP contribution in [-0.4, -0.2) is 19.1 Å². The largest absolute Gasteiger partial charge is 0.309 e. The van der Waals surface area contributed by atoms with E-state index in [1.807, 2.05) is 0 Å². The van der Waals surface area contributed by atoms with Gasteiger partial charge in [0.25, 0.3) is 0 Å². The Morgan fingerprint density at radius 1 is 0.300 bits per heavy atom. The normalized spacial score (nSPS) is 12.0. The van der Waals surface area contributed by atoms with Crippen LogP contribution in [0, 0.1) is 0 Å². The van der Waals surface area contributed by atoms with Gasteiger partial charge in [-0.3, -0.25) is 4.57 Å². The minimum absolute atomic E-state index is 0.655. The molecule has 0 bridgehead atoms. The molecule has 0 unspecified atom stereocenters. The molecular formula is C56H34N4. The third-order valence-corrected chi connectivity index (χ3v) is 12.5. The van der Waals surface area contributed by atoms with Crippen molar-refractivity contribution in [3.63, 3.8) is 0 Å². The Kier molecular flexibility index (Phi) is 6.98. The van der Waals surface area contributed by atoms with Gasteiger partial charge in [0.2, 0.25) is 5.95 Å². The molecule has 0 N–H and O–H groups in total. The summed E-state index contributed by atoms with van der Waals surface area (Å²) in [6, 6.07) is 74.5. The lowest BCUT2D eigenvalue weighted by molar-refractivity contribution is 1.01. The van der Waals surface area contributed by atoms with E-state index in [1.165, 1.54) is 70.5 Å². The topological polar surface area (TPSA) is 35.6 Å². The van der Waals surface area contributed by atoms with E-state index < -0.39 is 0 Å². The molecule has 4 nitrogen and oxygen atoms in total. The molecule has 0 saturated carbocycles. The summed E-state index contributed by atoms with van der Waals surface area (Å²) in [4.78, 5) is 10.7. The van der Waals surface area contributed by atoms with E-state index in [0.717, 1.165) is 44.4 Å². The number of hydrogen-bond acceptors (Lipinski definition) is 2. The van der Waals surface area contributed by atoms with Crippen molar-refractivity contribution >= 4 is 86.8 Å². The summed E-state index contributed by atoms with van der Waals surface area (Å²) in [7, 11) is 0. The fraction of sp³-hybridized carbons (Fsp3) is 0. The molecule has 0 amide bonds. The van der Waals surface area contributed by atoms with Crippen molar-refractivity contribution in [2.24, 2.45) is 0 Å². The Labute approximate surface area is 344 Å². The van der Waals surface area contributed by atoms with Crippen molar-refractivity contribution in [2.45, 2.75) is 0 Å². The molecule has 0 aliphatic rings. The van der Waals surface area contributed by atoms with Crippen molar-refractivity contribution in [2.75, 3.05) is 0 Å². The van der Waals surface area contributed by atoms with E-state index in [2.05, 4.69) is 215 Å². The second-order valence-electron chi connectivity index (χ2n) is 15.8. The molecule has 60 heavy (non-hydrogen) atoms. The van der Waals surface area contributed by atoms with Gasteiger partial charge in [-0.1, -0.05) is 146 Å². The third kappa shape index (κ3) is 4.91. The van der Waals surface area contributed by atoms with E-state index in [9.17, 15) is 0 Å². The predicted molar refractivity (Wildman–Crippen MR) is 252 cm³/mol. The van der Waals surface area contributed by atoms with Crippen LogP contribution in [0.25, 0.3) is 121 Å². The second kappa shape index (κ2) is 12.7. The Hall–Kier alpha value is -8.08. The molecule has 13 aromatic rings. The lowest BCUT2D eigenvalue weighted by Gasteiger charge is -2.12. The number of rotatable bonds is 4. The fourth-order valence-corrected chi connectivity index (χ4v) is 9.65. The summed E-state index contributed by atoms with van der Waals surface area (Å²) in [5.74, 6) is 0.655. The van der Waals surface area contributed by atoms with E-state index in [0.29, 0.717) is 5.95 Å². The maximum Gasteiger partial charge on any atom is 0.235 e. The van der Waals surface area contributed by atoms with Gasteiger partial charge in [0.05, 0.1) is 33.3 Å². The molecule has 0 radical (unpaired) electrons. The second-order valence-corrected chi connectivity index (χ2v) is 15.8. The Bertz CT molecular complexity index is 3910. The van der Waals surface area contributed by atoms with Crippen LogP contribution in [0.2, 0.25) is 0 Å². The molecular weight excluding hydrogens is 729 g/mol. The van der Waals surface area contributed by atoms with Gasteiger partial charge in [0.15, 0.2) is 0 Å². The lowest BCUT2D eigenvalue weighted by atomic mass is 9.99. The Morgan fingerprint density at radius 3 is 1.65 bits per heavy atom. The lowest BCUT2D eigenvalue weighted by Crippen LogP contribution is -2.03. The minimum atomic E-state index is 0.655. The van der Waals surface area contributed by atoms with Crippen molar-refractivity contribution in [3.05, 3.63) is 206 Å². The van der Waals surface area contributed by atoms with Crippen LogP contribution in [0.1, 0.15) is 0 Å². The molecule has 13 rings (SSSR count). The van der Waals surface area contributed by atoms with E-state index >= 15 is 0 Å².